The van der Waals surface area contributed by atoms with Gasteiger partial charge in [-0.3, -0.25) is 0 Å². The molecule has 0 unspecified atom stereocenters. The van der Waals surface area contributed by atoms with E-state index in [-0.39, 0.29) is 0 Å². The number of nitrogens with zero attached hydrogens (tertiary/aromatic N) is 3. The highest BCUT2D eigenvalue weighted by molar-refractivity contribution is 5.59. The van der Waals surface area contributed by atoms with Crippen molar-refractivity contribution < 1.29 is 0 Å². The molecule has 0 atom stereocenters. The van der Waals surface area contributed by atoms with Gasteiger partial charge in [-0.1, -0.05) is 6.92 Å². The molecular weight excluding hydrogens is 236 g/mol. The second kappa shape index (κ2) is 4.99. The largest absolute Gasteiger partial charge is 0.373 e. The fourth-order valence-electron chi connectivity index (χ4n) is 2.82. The molecule has 4 heteroatoms. The maximum atomic E-state index is 4.87. The fraction of sp³-hybridized carbons (Fsp3) is 0.733. The molecule has 0 amide bonds. The van der Waals surface area contributed by atoms with Crippen molar-refractivity contribution in [3.63, 3.8) is 0 Å². The van der Waals surface area contributed by atoms with E-state index in [9.17, 15) is 0 Å². The molecular formula is C15H24N4. The minimum atomic E-state index is 0.607. The summed E-state index contributed by atoms with van der Waals surface area (Å²) in [6.45, 7) is 6.74. The van der Waals surface area contributed by atoms with Crippen LogP contribution in [-0.2, 0) is 0 Å². The topological polar surface area (TPSA) is 41.1 Å². The summed E-state index contributed by atoms with van der Waals surface area (Å²) >= 11 is 0. The molecule has 0 bridgehead atoms. The van der Waals surface area contributed by atoms with Gasteiger partial charge in [-0.2, -0.15) is 0 Å². The average molecular weight is 260 g/mol. The monoisotopic (exact) mass is 260 g/mol. The summed E-state index contributed by atoms with van der Waals surface area (Å²) in [5.74, 6) is 4.67. The minimum Gasteiger partial charge on any atom is -0.373 e. The number of aromatic nitrogens is 2. The zero-order valence-electron chi connectivity index (χ0n) is 12.2. The lowest BCUT2D eigenvalue weighted by molar-refractivity contribution is 0.436. The van der Waals surface area contributed by atoms with Crippen molar-refractivity contribution in [2.45, 2.75) is 45.4 Å². The second-order valence-electron chi connectivity index (χ2n) is 6.07. The fourth-order valence-corrected chi connectivity index (χ4v) is 2.82. The van der Waals surface area contributed by atoms with Crippen molar-refractivity contribution in [1.82, 2.24) is 9.97 Å². The van der Waals surface area contributed by atoms with Crippen molar-refractivity contribution >= 4 is 11.6 Å². The average Bonchev–Trinajstić information content (AvgIpc) is 3.25. The van der Waals surface area contributed by atoms with Crippen LogP contribution in [0.5, 0.6) is 0 Å². The third-order valence-electron chi connectivity index (χ3n) is 4.40. The van der Waals surface area contributed by atoms with Gasteiger partial charge < -0.3 is 10.2 Å². The molecule has 3 rings (SSSR count). The van der Waals surface area contributed by atoms with E-state index < -0.39 is 0 Å². The SMILES string of the molecule is CNc1nc(C2CC2)nc(N2CCC(C)CC2)c1C. The van der Waals surface area contributed by atoms with Crippen molar-refractivity contribution in [2.24, 2.45) is 5.92 Å². The Bertz CT molecular complexity index is 459. The van der Waals surface area contributed by atoms with Crippen LogP contribution in [0.1, 0.15) is 49.9 Å². The van der Waals surface area contributed by atoms with Crippen molar-refractivity contribution in [2.75, 3.05) is 30.4 Å². The first-order valence-electron chi connectivity index (χ1n) is 7.50. The third kappa shape index (κ3) is 2.53. The van der Waals surface area contributed by atoms with Crippen LogP contribution in [0, 0.1) is 12.8 Å². The summed E-state index contributed by atoms with van der Waals surface area (Å²) in [6.07, 6.45) is 5.06. The van der Waals surface area contributed by atoms with E-state index in [1.165, 1.54) is 31.2 Å². The van der Waals surface area contributed by atoms with Gasteiger partial charge in [0.2, 0.25) is 0 Å². The molecule has 0 spiro atoms. The van der Waals surface area contributed by atoms with Gasteiger partial charge in [-0.15, -0.1) is 0 Å². The van der Waals surface area contributed by atoms with Gasteiger partial charge in [0.15, 0.2) is 0 Å². The Morgan fingerprint density at radius 2 is 1.79 bits per heavy atom. The molecule has 1 aromatic rings. The van der Waals surface area contributed by atoms with Crippen LogP contribution in [0.4, 0.5) is 11.6 Å². The van der Waals surface area contributed by atoms with E-state index in [0.29, 0.717) is 5.92 Å². The molecule has 1 saturated heterocycles. The highest BCUT2D eigenvalue weighted by atomic mass is 15.2. The predicted molar refractivity (Wildman–Crippen MR) is 78.9 cm³/mol. The van der Waals surface area contributed by atoms with Crippen molar-refractivity contribution in [3.8, 4) is 0 Å². The second-order valence-corrected chi connectivity index (χ2v) is 6.07. The van der Waals surface area contributed by atoms with Crippen LogP contribution >= 0.6 is 0 Å². The van der Waals surface area contributed by atoms with Crippen molar-refractivity contribution in [3.05, 3.63) is 11.4 Å². The normalized spacial score (nSPS) is 20.7. The number of rotatable bonds is 3. The Morgan fingerprint density at radius 3 is 2.37 bits per heavy atom. The lowest BCUT2D eigenvalue weighted by Crippen LogP contribution is -2.34. The number of hydrogen-bond acceptors (Lipinski definition) is 4. The highest BCUT2D eigenvalue weighted by Gasteiger charge is 2.29. The van der Waals surface area contributed by atoms with Gasteiger partial charge in [0, 0.05) is 31.6 Å². The summed E-state index contributed by atoms with van der Waals surface area (Å²) < 4.78 is 0. The van der Waals surface area contributed by atoms with Crippen LogP contribution in [0.2, 0.25) is 0 Å². The van der Waals surface area contributed by atoms with E-state index in [4.69, 9.17) is 4.98 Å². The van der Waals surface area contributed by atoms with Crippen LogP contribution in [0.15, 0.2) is 0 Å². The zero-order valence-corrected chi connectivity index (χ0v) is 12.2. The van der Waals surface area contributed by atoms with Crippen LogP contribution in [-0.4, -0.2) is 30.1 Å². The summed E-state index contributed by atoms with van der Waals surface area (Å²) in [5.41, 5.74) is 1.20. The maximum Gasteiger partial charge on any atom is 0.137 e. The highest BCUT2D eigenvalue weighted by Crippen LogP contribution is 2.40. The zero-order chi connectivity index (χ0) is 13.4. The predicted octanol–water partition coefficient (Wildman–Crippen LogP) is 2.94. The molecule has 104 valence electrons. The molecule has 19 heavy (non-hydrogen) atoms. The van der Waals surface area contributed by atoms with E-state index in [1.54, 1.807) is 0 Å². The smallest absolute Gasteiger partial charge is 0.137 e. The summed E-state index contributed by atoms with van der Waals surface area (Å²) in [4.78, 5) is 12.0. The van der Waals surface area contributed by atoms with Gasteiger partial charge >= 0.3 is 0 Å². The standard InChI is InChI=1S/C15H24N4/c1-10-6-8-19(9-7-10)15-11(2)13(16-3)17-14(18-15)12-4-5-12/h10,12H,4-9H2,1-3H3,(H,16,17,18). The summed E-state index contributed by atoms with van der Waals surface area (Å²) in [7, 11) is 1.95. The molecule has 4 nitrogen and oxygen atoms in total. The van der Waals surface area contributed by atoms with Crippen LogP contribution in [0.3, 0.4) is 0 Å². The first kappa shape index (κ1) is 12.7. The number of hydrogen-bond donors (Lipinski definition) is 1. The molecule has 1 aromatic heterocycles. The minimum absolute atomic E-state index is 0.607. The summed E-state index contributed by atoms with van der Waals surface area (Å²) in [6, 6.07) is 0. The molecule has 1 N–H and O–H groups in total. The number of anilines is 2. The van der Waals surface area contributed by atoms with Crippen molar-refractivity contribution in [1.29, 1.82) is 0 Å². The van der Waals surface area contributed by atoms with Gasteiger partial charge in [0.05, 0.1) is 0 Å². The van der Waals surface area contributed by atoms with E-state index in [0.717, 1.165) is 36.5 Å². The molecule has 2 heterocycles. The molecule has 0 aromatic carbocycles. The maximum absolute atomic E-state index is 4.87. The Morgan fingerprint density at radius 1 is 1.11 bits per heavy atom. The molecule has 2 aliphatic rings. The van der Waals surface area contributed by atoms with E-state index in [2.05, 4.69) is 29.0 Å². The molecule has 1 aliphatic carbocycles. The molecule has 1 saturated carbocycles. The van der Waals surface area contributed by atoms with E-state index in [1.807, 2.05) is 7.05 Å². The first-order valence-corrected chi connectivity index (χ1v) is 7.50. The quantitative estimate of drug-likeness (QED) is 0.907. The molecule has 0 radical (unpaired) electrons. The van der Waals surface area contributed by atoms with Gasteiger partial charge in [0.1, 0.15) is 17.5 Å². The number of piperidine rings is 1. The molecule has 2 fully saturated rings. The first-order chi connectivity index (χ1) is 9.19. The Balaban J connectivity index is 1.92. The Hall–Kier alpha value is -1.32. The lowest BCUT2D eigenvalue weighted by Gasteiger charge is -2.32. The Labute approximate surface area is 115 Å². The van der Waals surface area contributed by atoms with Crippen LogP contribution in [0.25, 0.3) is 0 Å². The van der Waals surface area contributed by atoms with Gasteiger partial charge in [-0.25, -0.2) is 9.97 Å². The Kier molecular flexibility index (Phi) is 3.33. The van der Waals surface area contributed by atoms with Gasteiger partial charge in [-0.05, 0) is 38.5 Å². The lowest BCUT2D eigenvalue weighted by atomic mass is 9.99. The van der Waals surface area contributed by atoms with Gasteiger partial charge in [0.25, 0.3) is 0 Å². The summed E-state index contributed by atoms with van der Waals surface area (Å²) in [5, 5.41) is 3.23. The van der Waals surface area contributed by atoms with Crippen LogP contribution < -0.4 is 10.2 Å². The molecule has 1 aliphatic heterocycles. The number of nitrogens with one attached hydrogen (secondary N) is 1. The third-order valence-corrected chi connectivity index (χ3v) is 4.40. The van der Waals surface area contributed by atoms with E-state index >= 15 is 0 Å².